The van der Waals surface area contributed by atoms with Crippen LogP contribution >= 0.6 is 23.2 Å². The van der Waals surface area contributed by atoms with Gasteiger partial charge in [0.15, 0.2) is 0 Å². The summed E-state index contributed by atoms with van der Waals surface area (Å²) in [7, 11) is 0. The molecular formula is C13H8Cl2FNO3. The summed E-state index contributed by atoms with van der Waals surface area (Å²) in [5.74, 6) is -0.171. The average molecular weight is 316 g/mol. The molecule has 0 atom stereocenters. The highest BCUT2D eigenvalue weighted by molar-refractivity contribution is 6.32. The molecule has 7 heteroatoms. The molecule has 0 aliphatic carbocycles. The predicted molar refractivity (Wildman–Crippen MR) is 73.8 cm³/mol. The van der Waals surface area contributed by atoms with Crippen LogP contribution in [0.3, 0.4) is 0 Å². The standard InChI is InChI=1S/C13H8Cl2FNO3/c14-10-3-1-8(5-13(10)17(18)19)7-20-9-2-4-12(16)11(15)6-9/h1-6H,7H2. The number of hydrogen-bond acceptors (Lipinski definition) is 3. The molecule has 0 unspecified atom stereocenters. The molecule has 20 heavy (non-hydrogen) atoms. The molecule has 0 radical (unpaired) electrons. The number of nitro groups is 1. The monoisotopic (exact) mass is 315 g/mol. The molecule has 0 N–H and O–H groups in total. The van der Waals surface area contributed by atoms with Crippen LogP contribution in [0.25, 0.3) is 0 Å². The summed E-state index contributed by atoms with van der Waals surface area (Å²) < 4.78 is 18.4. The van der Waals surface area contributed by atoms with Crippen LogP contribution in [0, 0.1) is 15.9 Å². The Kier molecular flexibility index (Phi) is 4.42. The fourth-order valence-corrected chi connectivity index (χ4v) is 1.88. The lowest BCUT2D eigenvalue weighted by Crippen LogP contribution is -1.97. The van der Waals surface area contributed by atoms with Crippen LogP contribution in [-0.2, 0) is 6.61 Å². The number of halogens is 3. The summed E-state index contributed by atoms with van der Waals surface area (Å²) in [5, 5.41) is 10.8. The third kappa shape index (κ3) is 3.37. The van der Waals surface area contributed by atoms with Crippen LogP contribution in [0.15, 0.2) is 36.4 Å². The number of hydrogen-bond donors (Lipinski definition) is 0. The fraction of sp³-hybridized carbons (Fsp3) is 0.0769. The highest BCUT2D eigenvalue weighted by atomic mass is 35.5. The van der Waals surface area contributed by atoms with E-state index < -0.39 is 10.7 Å². The zero-order valence-electron chi connectivity index (χ0n) is 9.98. The van der Waals surface area contributed by atoms with E-state index in [1.165, 1.54) is 30.3 Å². The highest BCUT2D eigenvalue weighted by Crippen LogP contribution is 2.26. The molecule has 104 valence electrons. The smallest absolute Gasteiger partial charge is 0.288 e. The maximum absolute atomic E-state index is 13.0. The molecule has 0 heterocycles. The van der Waals surface area contributed by atoms with Crippen molar-refractivity contribution in [2.75, 3.05) is 0 Å². The number of rotatable bonds is 4. The minimum Gasteiger partial charge on any atom is -0.489 e. The van der Waals surface area contributed by atoms with Gasteiger partial charge in [0.25, 0.3) is 5.69 Å². The van der Waals surface area contributed by atoms with Crippen molar-refractivity contribution >= 4 is 28.9 Å². The first-order valence-corrected chi connectivity index (χ1v) is 6.23. The van der Waals surface area contributed by atoms with Crippen molar-refractivity contribution in [1.29, 1.82) is 0 Å². The fourth-order valence-electron chi connectivity index (χ4n) is 1.52. The molecule has 0 saturated carbocycles. The summed E-state index contributed by atoms with van der Waals surface area (Å²) in [6.45, 7) is 0.0833. The van der Waals surface area contributed by atoms with Gasteiger partial charge in [-0.15, -0.1) is 0 Å². The normalized spacial score (nSPS) is 10.3. The third-order valence-corrected chi connectivity index (χ3v) is 3.11. The van der Waals surface area contributed by atoms with Crippen molar-refractivity contribution in [3.63, 3.8) is 0 Å². The second-order valence-electron chi connectivity index (χ2n) is 3.91. The Balaban J connectivity index is 2.12. The molecule has 0 aliphatic heterocycles. The van der Waals surface area contributed by atoms with E-state index in [0.29, 0.717) is 11.3 Å². The Morgan fingerprint density at radius 2 is 1.90 bits per heavy atom. The Morgan fingerprint density at radius 3 is 2.55 bits per heavy atom. The van der Waals surface area contributed by atoms with Crippen LogP contribution in [0.5, 0.6) is 5.75 Å². The van der Waals surface area contributed by atoms with Gasteiger partial charge in [-0.05, 0) is 23.8 Å². The van der Waals surface area contributed by atoms with E-state index in [0.717, 1.165) is 0 Å². The van der Waals surface area contributed by atoms with Crippen LogP contribution in [0.1, 0.15) is 5.56 Å². The molecule has 0 saturated heterocycles. The Bertz CT molecular complexity index is 664. The SMILES string of the molecule is O=[N+]([O-])c1cc(COc2ccc(F)c(Cl)c2)ccc1Cl. The van der Waals surface area contributed by atoms with Gasteiger partial charge in [-0.25, -0.2) is 4.39 Å². The van der Waals surface area contributed by atoms with Gasteiger partial charge in [0.1, 0.15) is 23.2 Å². The van der Waals surface area contributed by atoms with E-state index >= 15 is 0 Å². The van der Waals surface area contributed by atoms with Gasteiger partial charge >= 0.3 is 0 Å². The van der Waals surface area contributed by atoms with Crippen LogP contribution in [0.4, 0.5) is 10.1 Å². The first-order chi connectivity index (χ1) is 9.47. The van der Waals surface area contributed by atoms with E-state index in [-0.39, 0.29) is 22.3 Å². The summed E-state index contributed by atoms with van der Waals surface area (Å²) in [4.78, 5) is 10.2. The summed E-state index contributed by atoms with van der Waals surface area (Å²) in [5.41, 5.74) is 0.381. The van der Waals surface area contributed by atoms with E-state index in [9.17, 15) is 14.5 Å². The topological polar surface area (TPSA) is 52.4 Å². The zero-order chi connectivity index (χ0) is 14.7. The lowest BCUT2D eigenvalue weighted by Gasteiger charge is -2.07. The molecule has 0 fully saturated rings. The summed E-state index contributed by atoms with van der Waals surface area (Å²) in [6, 6.07) is 8.30. The largest absolute Gasteiger partial charge is 0.489 e. The van der Waals surface area contributed by atoms with E-state index in [4.69, 9.17) is 27.9 Å². The number of nitrogens with zero attached hydrogens (tertiary/aromatic N) is 1. The molecule has 4 nitrogen and oxygen atoms in total. The first kappa shape index (κ1) is 14.6. The third-order valence-electron chi connectivity index (χ3n) is 2.50. The van der Waals surface area contributed by atoms with Crippen molar-refractivity contribution < 1.29 is 14.1 Å². The highest BCUT2D eigenvalue weighted by Gasteiger charge is 2.13. The first-order valence-electron chi connectivity index (χ1n) is 5.48. The van der Waals surface area contributed by atoms with Gasteiger partial charge < -0.3 is 4.74 Å². The Hall–Kier alpha value is -1.85. The lowest BCUT2D eigenvalue weighted by atomic mass is 10.2. The molecule has 0 aromatic heterocycles. The van der Waals surface area contributed by atoms with Crippen molar-refractivity contribution in [1.82, 2.24) is 0 Å². The maximum atomic E-state index is 13.0. The van der Waals surface area contributed by atoms with Crippen LogP contribution in [0.2, 0.25) is 10.0 Å². The lowest BCUT2D eigenvalue weighted by molar-refractivity contribution is -0.384. The number of ether oxygens (including phenoxy) is 1. The average Bonchev–Trinajstić information content (AvgIpc) is 2.41. The predicted octanol–water partition coefficient (Wildman–Crippen LogP) is 4.62. The molecule has 2 aromatic rings. The minimum atomic E-state index is -0.569. The molecule has 0 aliphatic rings. The van der Waals surface area contributed by atoms with Gasteiger partial charge in [0.05, 0.1) is 9.95 Å². The minimum absolute atomic E-state index is 0.0513. The molecular weight excluding hydrogens is 308 g/mol. The summed E-state index contributed by atoms with van der Waals surface area (Å²) in [6.07, 6.45) is 0. The van der Waals surface area contributed by atoms with Gasteiger partial charge in [0.2, 0.25) is 0 Å². The van der Waals surface area contributed by atoms with Gasteiger partial charge in [0, 0.05) is 12.1 Å². The van der Waals surface area contributed by atoms with Gasteiger partial charge in [-0.2, -0.15) is 0 Å². The van der Waals surface area contributed by atoms with E-state index in [1.54, 1.807) is 6.07 Å². The van der Waals surface area contributed by atoms with E-state index in [2.05, 4.69) is 0 Å². The quantitative estimate of drug-likeness (QED) is 0.611. The van der Waals surface area contributed by atoms with E-state index in [1.807, 2.05) is 0 Å². The molecule has 2 rings (SSSR count). The Labute approximate surface area is 123 Å². The van der Waals surface area contributed by atoms with Crippen molar-refractivity contribution in [3.8, 4) is 5.75 Å². The number of nitro benzene ring substituents is 1. The second kappa shape index (κ2) is 6.07. The molecule has 0 spiro atoms. The second-order valence-corrected chi connectivity index (χ2v) is 4.72. The maximum Gasteiger partial charge on any atom is 0.288 e. The van der Waals surface area contributed by atoms with Crippen molar-refractivity contribution in [3.05, 3.63) is 67.9 Å². The number of benzene rings is 2. The van der Waals surface area contributed by atoms with Crippen LogP contribution in [-0.4, -0.2) is 4.92 Å². The van der Waals surface area contributed by atoms with Gasteiger partial charge in [-0.3, -0.25) is 10.1 Å². The molecule has 0 bridgehead atoms. The Morgan fingerprint density at radius 1 is 1.15 bits per heavy atom. The van der Waals surface area contributed by atoms with Crippen molar-refractivity contribution in [2.24, 2.45) is 0 Å². The summed E-state index contributed by atoms with van der Waals surface area (Å²) >= 11 is 11.3. The van der Waals surface area contributed by atoms with Gasteiger partial charge in [-0.1, -0.05) is 29.3 Å². The molecule has 2 aromatic carbocycles. The molecule has 0 amide bonds. The van der Waals surface area contributed by atoms with Crippen LogP contribution < -0.4 is 4.74 Å². The zero-order valence-corrected chi connectivity index (χ0v) is 11.5. The van der Waals surface area contributed by atoms with Crippen molar-refractivity contribution in [2.45, 2.75) is 6.61 Å².